The molecule has 1 heterocycles. The molecule has 66 valence electrons. The summed E-state index contributed by atoms with van der Waals surface area (Å²) in [6.07, 6.45) is 0. The number of hydrogen-bond acceptors (Lipinski definition) is 2. The standard InChI is InChI=1S/C9H7ClN2O/c10-7-5-3-1-2-4-6(5)13-8(7)9(11)12/h1-4H,(H3,11,12). The fourth-order valence-electron chi connectivity index (χ4n) is 1.19. The molecule has 0 bridgehead atoms. The molecule has 0 fully saturated rings. The van der Waals surface area contributed by atoms with Crippen LogP contribution in [0, 0.1) is 5.41 Å². The summed E-state index contributed by atoms with van der Waals surface area (Å²) in [4.78, 5) is 0. The summed E-state index contributed by atoms with van der Waals surface area (Å²) in [5, 5.41) is 8.40. The quantitative estimate of drug-likeness (QED) is 0.541. The third-order valence-electron chi connectivity index (χ3n) is 1.78. The Bertz CT molecular complexity index is 475. The van der Waals surface area contributed by atoms with Crippen molar-refractivity contribution in [3.05, 3.63) is 35.0 Å². The van der Waals surface area contributed by atoms with Gasteiger partial charge in [-0.1, -0.05) is 23.7 Å². The van der Waals surface area contributed by atoms with E-state index in [1.54, 1.807) is 6.07 Å². The highest BCUT2D eigenvalue weighted by Crippen LogP contribution is 2.29. The maximum absolute atomic E-state index is 7.21. The van der Waals surface area contributed by atoms with E-state index in [-0.39, 0.29) is 11.6 Å². The van der Waals surface area contributed by atoms with Crippen molar-refractivity contribution in [3.8, 4) is 0 Å². The van der Waals surface area contributed by atoms with Crippen molar-refractivity contribution in [2.75, 3.05) is 0 Å². The number of fused-ring (bicyclic) bond motifs is 1. The van der Waals surface area contributed by atoms with Crippen LogP contribution >= 0.6 is 11.6 Å². The lowest BCUT2D eigenvalue weighted by Crippen LogP contribution is -2.09. The van der Waals surface area contributed by atoms with Gasteiger partial charge in [0.1, 0.15) is 5.58 Å². The fourth-order valence-corrected chi connectivity index (χ4v) is 1.48. The molecule has 1 aromatic heterocycles. The minimum absolute atomic E-state index is 0.152. The summed E-state index contributed by atoms with van der Waals surface area (Å²) in [6, 6.07) is 7.31. The molecule has 0 spiro atoms. The van der Waals surface area contributed by atoms with Crippen LogP contribution in [-0.4, -0.2) is 5.84 Å². The summed E-state index contributed by atoms with van der Waals surface area (Å²) in [6.45, 7) is 0. The third-order valence-corrected chi connectivity index (χ3v) is 2.15. The lowest BCUT2D eigenvalue weighted by Gasteiger charge is -1.89. The third kappa shape index (κ3) is 1.17. The second kappa shape index (κ2) is 2.78. The summed E-state index contributed by atoms with van der Waals surface area (Å²) in [7, 11) is 0. The van der Waals surface area contributed by atoms with Crippen LogP contribution in [0.5, 0.6) is 0 Å². The SMILES string of the molecule is N=C(N)c1oc2ccccc2c1Cl. The number of amidine groups is 1. The summed E-state index contributed by atoms with van der Waals surface area (Å²) in [5.41, 5.74) is 5.93. The van der Waals surface area contributed by atoms with E-state index in [0.717, 1.165) is 5.39 Å². The number of hydrogen-bond donors (Lipinski definition) is 2. The maximum Gasteiger partial charge on any atom is 0.188 e. The smallest absolute Gasteiger partial charge is 0.188 e. The molecule has 0 aliphatic heterocycles. The molecule has 0 atom stereocenters. The Labute approximate surface area is 79.6 Å². The Hall–Kier alpha value is -1.48. The van der Waals surface area contributed by atoms with Crippen molar-refractivity contribution in [1.29, 1.82) is 5.41 Å². The molecule has 0 unspecified atom stereocenters. The molecule has 3 nitrogen and oxygen atoms in total. The highest BCUT2D eigenvalue weighted by molar-refractivity contribution is 6.38. The number of nitrogens with two attached hydrogens (primary N) is 1. The van der Waals surface area contributed by atoms with Crippen LogP contribution in [0.4, 0.5) is 0 Å². The lowest BCUT2D eigenvalue weighted by atomic mass is 10.2. The van der Waals surface area contributed by atoms with Crippen LogP contribution in [0.15, 0.2) is 28.7 Å². The Kier molecular flexibility index (Phi) is 1.74. The number of halogens is 1. The first-order valence-corrected chi connectivity index (χ1v) is 4.09. The molecule has 0 radical (unpaired) electrons. The molecule has 0 saturated carbocycles. The van der Waals surface area contributed by atoms with E-state index >= 15 is 0 Å². The van der Waals surface area contributed by atoms with E-state index in [0.29, 0.717) is 10.6 Å². The predicted molar refractivity (Wildman–Crippen MR) is 52.2 cm³/mol. The largest absolute Gasteiger partial charge is 0.451 e. The number of furan rings is 1. The maximum atomic E-state index is 7.21. The van der Waals surface area contributed by atoms with Crippen molar-refractivity contribution in [2.45, 2.75) is 0 Å². The minimum atomic E-state index is -0.152. The van der Waals surface area contributed by atoms with Gasteiger partial charge in [-0.05, 0) is 12.1 Å². The van der Waals surface area contributed by atoms with Gasteiger partial charge in [-0.25, -0.2) is 0 Å². The van der Waals surface area contributed by atoms with Gasteiger partial charge in [0, 0.05) is 5.39 Å². The molecule has 1 aromatic carbocycles. The van der Waals surface area contributed by atoms with Gasteiger partial charge in [0.25, 0.3) is 0 Å². The fraction of sp³-hybridized carbons (Fsp3) is 0. The Morgan fingerprint density at radius 3 is 2.69 bits per heavy atom. The Morgan fingerprint density at radius 1 is 1.38 bits per heavy atom. The average Bonchev–Trinajstić information content (AvgIpc) is 2.45. The van der Waals surface area contributed by atoms with Gasteiger partial charge in [0.15, 0.2) is 11.6 Å². The minimum Gasteiger partial charge on any atom is -0.451 e. The van der Waals surface area contributed by atoms with Crippen molar-refractivity contribution >= 4 is 28.4 Å². The first-order valence-electron chi connectivity index (χ1n) is 3.71. The second-order valence-corrected chi connectivity index (χ2v) is 3.03. The van der Waals surface area contributed by atoms with Gasteiger partial charge in [0.05, 0.1) is 5.02 Å². The first-order chi connectivity index (χ1) is 6.20. The topological polar surface area (TPSA) is 63.0 Å². The van der Waals surface area contributed by atoms with E-state index in [1.807, 2.05) is 18.2 Å². The van der Waals surface area contributed by atoms with Gasteiger partial charge >= 0.3 is 0 Å². The normalized spacial score (nSPS) is 10.5. The van der Waals surface area contributed by atoms with Gasteiger partial charge in [-0.2, -0.15) is 0 Å². The van der Waals surface area contributed by atoms with Crippen LogP contribution in [0.25, 0.3) is 11.0 Å². The zero-order chi connectivity index (χ0) is 9.42. The predicted octanol–water partition coefficient (Wildman–Crippen LogP) is 2.37. The van der Waals surface area contributed by atoms with E-state index in [9.17, 15) is 0 Å². The van der Waals surface area contributed by atoms with Crippen molar-refractivity contribution in [2.24, 2.45) is 5.73 Å². The van der Waals surface area contributed by atoms with Crippen molar-refractivity contribution in [1.82, 2.24) is 0 Å². The van der Waals surface area contributed by atoms with E-state index in [4.69, 9.17) is 27.2 Å². The van der Waals surface area contributed by atoms with Crippen LogP contribution in [0.2, 0.25) is 5.02 Å². The van der Waals surface area contributed by atoms with Crippen LogP contribution in [-0.2, 0) is 0 Å². The molecular formula is C9H7ClN2O. The molecule has 0 saturated heterocycles. The van der Waals surface area contributed by atoms with Crippen LogP contribution in [0.3, 0.4) is 0 Å². The lowest BCUT2D eigenvalue weighted by molar-refractivity contribution is 0.603. The number of nitrogens with one attached hydrogen (secondary N) is 1. The molecule has 0 amide bonds. The van der Waals surface area contributed by atoms with Gasteiger partial charge in [0.2, 0.25) is 0 Å². The van der Waals surface area contributed by atoms with Crippen molar-refractivity contribution in [3.63, 3.8) is 0 Å². The van der Waals surface area contributed by atoms with Crippen molar-refractivity contribution < 1.29 is 4.42 Å². The van der Waals surface area contributed by atoms with Gasteiger partial charge in [-0.15, -0.1) is 0 Å². The number of benzene rings is 1. The zero-order valence-electron chi connectivity index (χ0n) is 6.67. The molecule has 0 aliphatic rings. The monoisotopic (exact) mass is 194 g/mol. The Morgan fingerprint density at radius 2 is 2.08 bits per heavy atom. The molecule has 3 N–H and O–H groups in total. The van der Waals surface area contributed by atoms with E-state index in [1.165, 1.54) is 0 Å². The second-order valence-electron chi connectivity index (χ2n) is 2.66. The van der Waals surface area contributed by atoms with Crippen LogP contribution in [0.1, 0.15) is 5.76 Å². The highest BCUT2D eigenvalue weighted by Gasteiger charge is 2.13. The molecule has 0 aliphatic carbocycles. The average molecular weight is 195 g/mol. The summed E-state index contributed by atoms with van der Waals surface area (Å²) in [5.74, 6) is 0.0871. The van der Waals surface area contributed by atoms with Gasteiger partial charge in [-0.3, -0.25) is 5.41 Å². The highest BCUT2D eigenvalue weighted by atomic mass is 35.5. The molecule has 2 rings (SSSR count). The zero-order valence-corrected chi connectivity index (χ0v) is 7.43. The van der Waals surface area contributed by atoms with Crippen LogP contribution < -0.4 is 5.73 Å². The molecule has 13 heavy (non-hydrogen) atoms. The first kappa shape index (κ1) is 8.13. The number of nitrogen functional groups attached to an aromatic ring is 1. The Balaban J connectivity index is 2.81. The van der Waals surface area contributed by atoms with E-state index in [2.05, 4.69) is 0 Å². The number of para-hydroxylation sites is 1. The molecular weight excluding hydrogens is 188 g/mol. The summed E-state index contributed by atoms with van der Waals surface area (Å²) >= 11 is 5.94. The molecule has 4 heteroatoms. The van der Waals surface area contributed by atoms with E-state index < -0.39 is 0 Å². The summed E-state index contributed by atoms with van der Waals surface area (Å²) < 4.78 is 5.28. The number of rotatable bonds is 1. The molecule has 2 aromatic rings. The van der Waals surface area contributed by atoms with Gasteiger partial charge < -0.3 is 10.2 Å².